The molecule has 0 aromatic heterocycles. The average Bonchev–Trinajstić information content (AvgIpc) is 2.61. The molecule has 26 heavy (non-hydrogen) atoms. The van der Waals surface area contributed by atoms with Crippen LogP contribution in [0.3, 0.4) is 0 Å². The molecule has 7 nitrogen and oxygen atoms in total. The molecular formula is C17H14ClN3O4S. The van der Waals surface area contributed by atoms with Crippen LogP contribution in [0.25, 0.3) is 6.08 Å². The molecule has 2 aromatic carbocycles. The predicted octanol–water partition coefficient (Wildman–Crippen LogP) is 3.78. The van der Waals surface area contributed by atoms with E-state index in [1.807, 2.05) is 12.1 Å². The highest BCUT2D eigenvalue weighted by molar-refractivity contribution is 7.80. The van der Waals surface area contributed by atoms with E-state index >= 15 is 0 Å². The molecule has 2 aromatic rings. The highest BCUT2D eigenvalue weighted by Crippen LogP contribution is 2.27. The van der Waals surface area contributed by atoms with E-state index in [-0.39, 0.29) is 15.8 Å². The first-order valence-electron chi connectivity index (χ1n) is 7.27. The Morgan fingerprint density at radius 2 is 2.04 bits per heavy atom. The van der Waals surface area contributed by atoms with Gasteiger partial charge in [-0.3, -0.25) is 20.2 Å². The SMILES string of the molecule is COc1ccccc1/C=C/C(=O)NC(=S)Nc1ccc(Cl)c([N+](=O)[O-])c1. The van der Waals surface area contributed by atoms with Crippen LogP contribution in [-0.2, 0) is 4.79 Å². The van der Waals surface area contributed by atoms with Crippen LogP contribution in [0.2, 0.25) is 5.02 Å². The van der Waals surface area contributed by atoms with Gasteiger partial charge in [-0.15, -0.1) is 0 Å². The molecule has 134 valence electrons. The number of anilines is 1. The molecule has 0 fully saturated rings. The quantitative estimate of drug-likeness (QED) is 0.348. The van der Waals surface area contributed by atoms with E-state index in [2.05, 4.69) is 10.6 Å². The second-order valence-electron chi connectivity index (χ2n) is 4.94. The normalized spacial score (nSPS) is 10.4. The van der Waals surface area contributed by atoms with E-state index in [0.29, 0.717) is 11.4 Å². The van der Waals surface area contributed by atoms with E-state index in [1.54, 1.807) is 18.2 Å². The molecular weight excluding hydrogens is 378 g/mol. The second kappa shape index (κ2) is 8.93. The fraction of sp³-hybridized carbons (Fsp3) is 0.0588. The maximum Gasteiger partial charge on any atom is 0.289 e. The number of nitrogens with zero attached hydrogens (tertiary/aromatic N) is 1. The largest absolute Gasteiger partial charge is 0.496 e. The Labute approximate surface area is 159 Å². The number of benzene rings is 2. The summed E-state index contributed by atoms with van der Waals surface area (Å²) in [7, 11) is 1.54. The second-order valence-corrected chi connectivity index (χ2v) is 5.76. The number of nitro benzene ring substituents is 1. The van der Waals surface area contributed by atoms with Crippen LogP contribution in [-0.4, -0.2) is 23.1 Å². The van der Waals surface area contributed by atoms with Crippen LogP contribution < -0.4 is 15.4 Å². The number of hydrogen-bond acceptors (Lipinski definition) is 5. The molecule has 0 aliphatic heterocycles. The topological polar surface area (TPSA) is 93.5 Å². The smallest absolute Gasteiger partial charge is 0.289 e. The molecule has 2 rings (SSSR count). The van der Waals surface area contributed by atoms with Gasteiger partial charge in [0.1, 0.15) is 10.8 Å². The molecule has 0 spiro atoms. The standard InChI is InChI=1S/C17H14ClN3O4S/c1-25-15-5-3-2-4-11(15)6-9-16(22)20-17(26)19-12-7-8-13(18)14(10-12)21(23)24/h2-10H,1H3,(H2,19,20,22,26)/b9-6+. The van der Waals surface area contributed by atoms with Gasteiger partial charge >= 0.3 is 0 Å². The number of halogens is 1. The zero-order chi connectivity index (χ0) is 19.1. The van der Waals surface area contributed by atoms with Crippen LogP contribution in [0.15, 0.2) is 48.5 Å². The number of methoxy groups -OCH3 is 1. The monoisotopic (exact) mass is 391 g/mol. The van der Waals surface area contributed by atoms with Crippen molar-refractivity contribution in [3.05, 3.63) is 69.2 Å². The highest BCUT2D eigenvalue weighted by atomic mass is 35.5. The minimum absolute atomic E-state index is 0.00343. The van der Waals surface area contributed by atoms with Gasteiger partial charge in [0.2, 0.25) is 5.91 Å². The summed E-state index contributed by atoms with van der Waals surface area (Å²) in [5.74, 6) is 0.169. The molecule has 2 N–H and O–H groups in total. The number of hydrogen-bond donors (Lipinski definition) is 2. The molecule has 0 aliphatic rings. The maximum atomic E-state index is 12.0. The molecule has 1 amide bonds. The minimum atomic E-state index is -0.606. The number of carbonyl (C=O) groups is 1. The highest BCUT2D eigenvalue weighted by Gasteiger charge is 2.13. The number of rotatable bonds is 5. The van der Waals surface area contributed by atoms with Gasteiger partial charge < -0.3 is 10.1 Å². The first-order chi connectivity index (χ1) is 12.4. The van der Waals surface area contributed by atoms with Gasteiger partial charge in [-0.05, 0) is 36.5 Å². The summed E-state index contributed by atoms with van der Waals surface area (Å²) in [5.41, 5.74) is 0.805. The third kappa shape index (κ3) is 5.27. The maximum absolute atomic E-state index is 12.0. The van der Waals surface area contributed by atoms with Gasteiger partial charge in [0, 0.05) is 23.4 Å². The van der Waals surface area contributed by atoms with Crippen LogP contribution >= 0.6 is 23.8 Å². The van der Waals surface area contributed by atoms with Crippen molar-refractivity contribution in [1.29, 1.82) is 0 Å². The van der Waals surface area contributed by atoms with Crippen LogP contribution in [0.1, 0.15) is 5.56 Å². The van der Waals surface area contributed by atoms with Crippen molar-refractivity contribution < 1.29 is 14.5 Å². The Hall–Kier alpha value is -2.97. The third-order valence-corrected chi connectivity index (χ3v) is 3.71. The van der Waals surface area contributed by atoms with Crippen molar-refractivity contribution in [3.63, 3.8) is 0 Å². The molecule has 0 bridgehead atoms. The molecule has 0 unspecified atom stereocenters. The summed E-state index contributed by atoms with van der Waals surface area (Å²) in [5, 5.41) is 16.0. The van der Waals surface area contributed by atoms with Gasteiger partial charge in [0.05, 0.1) is 12.0 Å². The first kappa shape index (κ1) is 19.4. The van der Waals surface area contributed by atoms with Crippen LogP contribution in [0.5, 0.6) is 5.75 Å². The Kier molecular flexibility index (Phi) is 6.65. The number of nitro groups is 1. The number of nitrogens with one attached hydrogen (secondary N) is 2. The summed E-state index contributed by atoms with van der Waals surface area (Å²) in [4.78, 5) is 22.2. The zero-order valence-corrected chi connectivity index (χ0v) is 15.1. The van der Waals surface area contributed by atoms with Gasteiger partial charge in [0.25, 0.3) is 5.69 Å². The molecule has 0 saturated carbocycles. The molecule has 0 aliphatic carbocycles. The summed E-state index contributed by atoms with van der Waals surface area (Å²) < 4.78 is 5.19. The van der Waals surface area contributed by atoms with Crippen molar-refractivity contribution in [1.82, 2.24) is 5.32 Å². The third-order valence-electron chi connectivity index (χ3n) is 3.19. The number of para-hydroxylation sites is 1. The van der Waals surface area contributed by atoms with E-state index in [1.165, 1.54) is 31.4 Å². The summed E-state index contributed by atoms with van der Waals surface area (Å²) in [6, 6.07) is 11.3. The molecule has 0 atom stereocenters. The lowest BCUT2D eigenvalue weighted by atomic mass is 10.2. The summed E-state index contributed by atoms with van der Waals surface area (Å²) in [6.45, 7) is 0. The van der Waals surface area contributed by atoms with Crippen LogP contribution in [0, 0.1) is 10.1 Å². The van der Waals surface area contributed by atoms with Crippen molar-refractivity contribution in [2.24, 2.45) is 0 Å². The first-order valence-corrected chi connectivity index (χ1v) is 8.06. The fourth-order valence-corrected chi connectivity index (χ4v) is 2.42. The van der Waals surface area contributed by atoms with Gasteiger partial charge in [0.15, 0.2) is 5.11 Å². The fourth-order valence-electron chi connectivity index (χ4n) is 2.02. The molecule has 0 radical (unpaired) electrons. The Morgan fingerprint density at radius 3 is 2.73 bits per heavy atom. The molecule has 0 saturated heterocycles. The lowest BCUT2D eigenvalue weighted by Crippen LogP contribution is -2.32. The lowest BCUT2D eigenvalue weighted by Gasteiger charge is -2.08. The van der Waals surface area contributed by atoms with E-state index in [9.17, 15) is 14.9 Å². The number of ether oxygens (including phenoxy) is 1. The Bertz CT molecular complexity index is 886. The zero-order valence-electron chi connectivity index (χ0n) is 13.6. The Morgan fingerprint density at radius 1 is 1.31 bits per heavy atom. The van der Waals surface area contributed by atoms with Crippen molar-refractivity contribution in [3.8, 4) is 5.75 Å². The van der Waals surface area contributed by atoms with E-state index < -0.39 is 10.8 Å². The van der Waals surface area contributed by atoms with Crippen LogP contribution in [0.4, 0.5) is 11.4 Å². The van der Waals surface area contributed by atoms with Gasteiger partial charge in [-0.1, -0.05) is 29.8 Å². The van der Waals surface area contributed by atoms with Gasteiger partial charge in [-0.25, -0.2) is 0 Å². The van der Waals surface area contributed by atoms with Crippen molar-refractivity contribution in [2.45, 2.75) is 0 Å². The van der Waals surface area contributed by atoms with Crippen molar-refractivity contribution in [2.75, 3.05) is 12.4 Å². The average molecular weight is 392 g/mol. The number of thiocarbonyl (C=S) groups is 1. The molecule has 9 heteroatoms. The lowest BCUT2D eigenvalue weighted by molar-refractivity contribution is -0.384. The Balaban J connectivity index is 1.99. The van der Waals surface area contributed by atoms with E-state index in [0.717, 1.165) is 5.56 Å². The molecule has 0 heterocycles. The predicted molar refractivity (Wildman–Crippen MR) is 104 cm³/mol. The summed E-state index contributed by atoms with van der Waals surface area (Å²) >= 11 is 10.8. The number of carbonyl (C=O) groups excluding carboxylic acids is 1. The summed E-state index contributed by atoms with van der Waals surface area (Å²) in [6.07, 6.45) is 2.89. The van der Waals surface area contributed by atoms with Gasteiger partial charge in [-0.2, -0.15) is 0 Å². The van der Waals surface area contributed by atoms with E-state index in [4.69, 9.17) is 28.6 Å². The van der Waals surface area contributed by atoms with Crippen molar-refractivity contribution >= 4 is 52.3 Å². The minimum Gasteiger partial charge on any atom is -0.496 e. The number of amides is 1.